The lowest BCUT2D eigenvalue weighted by Gasteiger charge is -2.30. The van der Waals surface area contributed by atoms with Crippen LogP contribution >= 0.6 is 0 Å². The summed E-state index contributed by atoms with van der Waals surface area (Å²) in [6, 6.07) is 12.9. The first-order chi connectivity index (χ1) is 17.1. The van der Waals surface area contributed by atoms with Gasteiger partial charge in [0.2, 0.25) is 0 Å². The summed E-state index contributed by atoms with van der Waals surface area (Å²) in [7, 11) is 1.22. The number of esters is 1. The highest BCUT2D eigenvalue weighted by Crippen LogP contribution is 2.39. The van der Waals surface area contributed by atoms with Crippen LogP contribution in [0.25, 0.3) is 0 Å². The first-order valence-electron chi connectivity index (χ1n) is 11.5. The third-order valence-corrected chi connectivity index (χ3v) is 5.98. The molecule has 1 aliphatic carbocycles. The lowest BCUT2D eigenvalue weighted by Crippen LogP contribution is -2.41. The van der Waals surface area contributed by atoms with E-state index in [9.17, 15) is 27.2 Å². The largest absolute Gasteiger partial charge is 0.469 e. The van der Waals surface area contributed by atoms with E-state index in [1.165, 1.54) is 24.1 Å². The van der Waals surface area contributed by atoms with Crippen LogP contribution in [-0.4, -0.2) is 43.3 Å². The minimum absolute atomic E-state index is 0.0228. The number of carbonyl (C=O) groups excluding carboxylic acids is 2. The van der Waals surface area contributed by atoms with Crippen molar-refractivity contribution in [3.05, 3.63) is 94.3 Å². The minimum Gasteiger partial charge on any atom is -0.469 e. The summed E-state index contributed by atoms with van der Waals surface area (Å²) in [6.07, 6.45) is -2.64. The summed E-state index contributed by atoms with van der Waals surface area (Å²) in [5.74, 6) is -1.76. The van der Waals surface area contributed by atoms with Crippen LogP contribution in [0, 0.1) is 5.82 Å². The second kappa shape index (κ2) is 11.9. The summed E-state index contributed by atoms with van der Waals surface area (Å²) in [5, 5.41) is 2.79. The van der Waals surface area contributed by atoms with Crippen molar-refractivity contribution in [2.24, 2.45) is 0 Å². The summed E-state index contributed by atoms with van der Waals surface area (Å²) in [4.78, 5) is 25.9. The van der Waals surface area contributed by atoms with E-state index in [2.05, 4.69) is 10.1 Å². The average Bonchev–Trinajstić information content (AvgIpc) is 2.85. The van der Waals surface area contributed by atoms with Crippen LogP contribution in [0.1, 0.15) is 36.0 Å². The maximum Gasteiger partial charge on any atom is 0.416 e. The second-order valence-corrected chi connectivity index (χ2v) is 8.47. The number of likely N-dealkylation sites (N-methyl/N-ethyl adjacent to an activating group) is 1. The Morgan fingerprint density at radius 3 is 2.47 bits per heavy atom. The number of nitrogens with one attached hydrogen (secondary N) is 1. The molecule has 0 spiro atoms. The molecule has 2 amide bonds. The molecule has 192 valence electrons. The Kier molecular flexibility index (Phi) is 8.90. The van der Waals surface area contributed by atoms with Gasteiger partial charge in [-0.3, -0.25) is 4.79 Å². The van der Waals surface area contributed by atoms with Crippen LogP contribution in [0.3, 0.4) is 0 Å². The Labute approximate surface area is 207 Å². The third kappa shape index (κ3) is 7.19. The summed E-state index contributed by atoms with van der Waals surface area (Å²) in [6.45, 7) is 2.19. The molecule has 0 aliphatic heterocycles. The van der Waals surface area contributed by atoms with Crippen molar-refractivity contribution in [3.8, 4) is 0 Å². The van der Waals surface area contributed by atoms with Gasteiger partial charge in [0.15, 0.2) is 0 Å². The van der Waals surface area contributed by atoms with Crippen LogP contribution < -0.4 is 5.32 Å². The van der Waals surface area contributed by atoms with E-state index in [4.69, 9.17) is 0 Å². The topological polar surface area (TPSA) is 58.6 Å². The number of rotatable bonds is 8. The molecule has 0 saturated heterocycles. The normalized spacial score (nSPS) is 15.6. The smallest absolute Gasteiger partial charge is 0.416 e. The molecule has 0 aromatic heterocycles. The Hall–Kier alpha value is -3.62. The molecule has 3 rings (SSSR count). The predicted molar refractivity (Wildman–Crippen MR) is 128 cm³/mol. The van der Waals surface area contributed by atoms with Crippen molar-refractivity contribution in [2.75, 3.05) is 20.2 Å². The zero-order chi connectivity index (χ0) is 26.3. The molecular formula is C27H28F4N2O3. The van der Waals surface area contributed by atoms with Gasteiger partial charge in [-0.05, 0) is 53.8 Å². The van der Waals surface area contributed by atoms with Crippen molar-refractivity contribution >= 4 is 12.0 Å². The zero-order valence-corrected chi connectivity index (χ0v) is 20.1. The summed E-state index contributed by atoms with van der Waals surface area (Å²) in [5.41, 5.74) is 1.20. The zero-order valence-electron chi connectivity index (χ0n) is 20.1. The molecule has 0 saturated carbocycles. The minimum atomic E-state index is -4.55. The molecule has 2 aromatic carbocycles. The molecule has 2 aromatic rings. The first-order valence-corrected chi connectivity index (χ1v) is 11.5. The number of amides is 2. The summed E-state index contributed by atoms with van der Waals surface area (Å²) >= 11 is 0. The van der Waals surface area contributed by atoms with Gasteiger partial charge in [-0.2, -0.15) is 13.2 Å². The Bertz CT molecular complexity index is 1140. The lowest BCUT2D eigenvalue weighted by atomic mass is 9.82. The maximum absolute atomic E-state index is 14.4. The number of benzene rings is 2. The Morgan fingerprint density at radius 2 is 1.83 bits per heavy atom. The number of halogens is 4. The van der Waals surface area contributed by atoms with E-state index in [-0.39, 0.29) is 32.5 Å². The Balaban J connectivity index is 1.87. The van der Waals surface area contributed by atoms with Crippen LogP contribution in [-0.2, 0) is 22.5 Å². The number of alkyl halides is 3. The molecule has 0 bridgehead atoms. The number of urea groups is 1. The van der Waals surface area contributed by atoms with E-state index >= 15 is 0 Å². The van der Waals surface area contributed by atoms with Crippen molar-refractivity contribution in [1.82, 2.24) is 10.2 Å². The number of carbonyl (C=O) groups is 2. The molecule has 1 N–H and O–H groups in total. The van der Waals surface area contributed by atoms with Gasteiger partial charge in [0, 0.05) is 25.6 Å². The highest BCUT2D eigenvalue weighted by Gasteiger charge is 2.36. The molecule has 0 radical (unpaired) electrons. The molecule has 0 fully saturated rings. The second-order valence-electron chi connectivity index (χ2n) is 8.47. The lowest BCUT2D eigenvalue weighted by molar-refractivity contribution is -0.139. The van der Waals surface area contributed by atoms with Gasteiger partial charge in [0.1, 0.15) is 5.82 Å². The molecule has 0 heterocycles. The Morgan fingerprint density at radius 1 is 1.11 bits per heavy atom. The van der Waals surface area contributed by atoms with E-state index in [0.29, 0.717) is 16.7 Å². The van der Waals surface area contributed by atoms with Crippen molar-refractivity contribution in [3.63, 3.8) is 0 Å². The van der Waals surface area contributed by atoms with E-state index < -0.39 is 35.5 Å². The van der Waals surface area contributed by atoms with Crippen molar-refractivity contribution in [2.45, 2.75) is 38.4 Å². The maximum atomic E-state index is 14.4. The number of ether oxygens (including phenoxy) is 1. The van der Waals surface area contributed by atoms with Crippen LogP contribution in [0.15, 0.2) is 71.8 Å². The quantitative estimate of drug-likeness (QED) is 0.372. The molecule has 5 nitrogen and oxygen atoms in total. The molecule has 1 unspecified atom stereocenters. The van der Waals surface area contributed by atoms with E-state index in [1.807, 2.05) is 30.3 Å². The van der Waals surface area contributed by atoms with Gasteiger partial charge in [-0.25, -0.2) is 9.18 Å². The van der Waals surface area contributed by atoms with Crippen molar-refractivity contribution in [1.29, 1.82) is 0 Å². The number of hydrogen-bond acceptors (Lipinski definition) is 3. The van der Waals surface area contributed by atoms with Crippen LogP contribution in [0.2, 0.25) is 0 Å². The van der Waals surface area contributed by atoms with Gasteiger partial charge in [-0.15, -0.1) is 0 Å². The van der Waals surface area contributed by atoms with E-state index in [0.717, 1.165) is 17.7 Å². The van der Waals surface area contributed by atoms with Crippen molar-refractivity contribution < 1.29 is 31.9 Å². The fourth-order valence-electron chi connectivity index (χ4n) is 4.11. The molecule has 36 heavy (non-hydrogen) atoms. The monoisotopic (exact) mass is 504 g/mol. The van der Waals surface area contributed by atoms with E-state index in [1.54, 1.807) is 13.0 Å². The molecule has 9 heteroatoms. The molecule has 1 aliphatic rings. The first kappa shape index (κ1) is 27.0. The fourth-order valence-corrected chi connectivity index (χ4v) is 4.11. The highest BCUT2D eigenvalue weighted by atomic mass is 19.4. The number of allylic oxidation sites excluding steroid dienone is 3. The van der Waals surface area contributed by atoms with Gasteiger partial charge < -0.3 is 15.0 Å². The molecule has 1 atom stereocenters. The standard InChI is InChI=1S/C27H28F4N2O3/c1-3-33(26(35)32-16-18-7-5-4-6-8-18)17-21-14-22(27(29,30)31)9-10-24(21)20-11-19(12-23(28)15-20)13-25(34)36-2/h4-9,11-12,14-15,24H,3,10,13,16-17H2,1-2H3,(H,32,35). The number of nitrogens with zero attached hydrogens (tertiary/aromatic N) is 1. The van der Waals surface area contributed by atoms with Gasteiger partial charge in [0.25, 0.3) is 0 Å². The molecular weight excluding hydrogens is 476 g/mol. The fraction of sp³-hybridized carbons (Fsp3) is 0.333. The van der Waals surface area contributed by atoms with Crippen LogP contribution in [0.4, 0.5) is 22.4 Å². The van der Waals surface area contributed by atoms with Gasteiger partial charge in [-0.1, -0.05) is 42.5 Å². The van der Waals surface area contributed by atoms with Crippen LogP contribution in [0.5, 0.6) is 0 Å². The average molecular weight is 505 g/mol. The predicted octanol–water partition coefficient (Wildman–Crippen LogP) is 5.68. The SMILES string of the molecule is CCN(CC1=CC(C(F)(F)F)=CCC1c1cc(F)cc(CC(=O)OC)c1)C(=O)NCc1ccccc1. The highest BCUT2D eigenvalue weighted by molar-refractivity contribution is 5.74. The number of methoxy groups -OCH3 is 1. The third-order valence-electron chi connectivity index (χ3n) is 5.98. The van der Waals surface area contributed by atoms with Gasteiger partial charge >= 0.3 is 18.2 Å². The summed E-state index contributed by atoms with van der Waals surface area (Å²) < 4.78 is 59.6. The van der Waals surface area contributed by atoms with Gasteiger partial charge in [0.05, 0.1) is 19.1 Å². The number of hydrogen-bond donors (Lipinski definition) is 1.